The van der Waals surface area contributed by atoms with Crippen molar-refractivity contribution in [2.24, 2.45) is 0 Å². The van der Waals surface area contributed by atoms with Gasteiger partial charge >= 0.3 is 5.97 Å². The number of rotatable bonds is 5. The normalized spacial score (nSPS) is 11.2. The fraction of sp³-hybridized carbons (Fsp3) is 0.308. The van der Waals surface area contributed by atoms with Gasteiger partial charge in [-0.2, -0.15) is 0 Å². The van der Waals surface area contributed by atoms with E-state index in [-0.39, 0.29) is 5.97 Å². The van der Waals surface area contributed by atoms with Crippen LogP contribution in [0.25, 0.3) is 5.57 Å². The van der Waals surface area contributed by atoms with Crippen molar-refractivity contribution < 1.29 is 14.3 Å². The number of aldehydes is 1. The number of hydrogen-bond acceptors (Lipinski definition) is 5. The highest BCUT2D eigenvalue weighted by Gasteiger charge is 2.16. The van der Waals surface area contributed by atoms with Gasteiger partial charge < -0.3 is 4.74 Å². The molecular weight excluding hydrogens is 250 g/mol. The molecule has 0 aliphatic carbocycles. The first-order valence-electron chi connectivity index (χ1n) is 5.46. The van der Waals surface area contributed by atoms with E-state index in [2.05, 4.69) is 11.6 Å². The van der Waals surface area contributed by atoms with Gasteiger partial charge in [0.05, 0.1) is 12.3 Å². The van der Waals surface area contributed by atoms with Gasteiger partial charge in [-0.1, -0.05) is 6.58 Å². The topological polar surface area (TPSA) is 56.3 Å². The summed E-state index contributed by atoms with van der Waals surface area (Å²) in [5.41, 5.74) is 1.81. The number of ether oxygens (including phenoxy) is 1. The third kappa shape index (κ3) is 3.37. The minimum atomic E-state index is -0.360. The number of aromatic nitrogens is 1. The van der Waals surface area contributed by atoms with E-state index in [1.54, 1.807) is 19.9 Å². The van der Waals surface area contributed by atoms with E-state index in [9.17, 15) is 9.59 Å². The van der Waals surface area contributed by atoms with Crippen molar-refractivity contribution in [3.8, 4) is 0 Å². The van der Waals surface area contributed by atoms with Gasteiger partial charge in [0.2, 0.25) is 0 Å². The van der Waals surface area contributed by atoms with Crippen LogP contribution >= 0.6 is 11.3 Å². The summed E-state index contributed by atoms with van der Waals surface area (Å²) in [5, 5.41) is 0.693. The molecule has 1 heterocycles. The summed E-state index contributed by atoms with van der Waals surface area (Å²) in [4.78, 5) is 26.9. The van der Waals surface area contributed by atoms with Crippen LogP contribution in [0.15, 0.2) is 18.2 Å². The van der Waals surface area contributed by atoms with Crippen molar-refractivity contribution in [2.45, 2.75) is 20.8 Å². The van der Waals surface area contributed by atoms with Crippen LogP contribution < -0.4 is 0 Å². The van der Waals surface area contributed by atoms with Crippen LogP contribution in [0, 0.1) is 6.92 Å². The van der Waals surface area contributed by atoms with Crippen LogP contribution in [0.2, 0.25) is 0 Å². The lowest BCUT2D eigenvalue weighted by atomic mass is 10.2. The molecule has 0 saturated carbocycles. The summed E-state index contributed by atoms with van der Waals surface area (Å²) in [6, 6.07) is 0. The highest BCUT2D eigenvalue weighted by molar-refractivity contribution is 7.14. The number of nitrogens with zero attached hydrogens (tertiary/aromatic N) is 1. The molecule has 0 amide bonds. The molecule has 0 fully saturated rings. The molecule has 0 unspecified atom stereocenters. The summed E-state index contributed by atoms with van der Waals surface area (Å²) in [6.45, 7) is 9.25. The third-order valence-corrected chi connectivity index (χ3v) is 3.42. The monoisotopic (exact) mass is 265 g/mol. The lowest BCUT2D eigenvalue weighted by Gasteiger charge is -1.97. The van der Waals surface area contributed by atoms with Gasteiger partial charge in [-0.3, -0.25) is 4.79 Å². The fourth-order valence-corrected chi connectivity index (χ4v) is 2.26. The first-order valence-corrected chi connectivity index (χ1v) is 6.28. The van der Waals surface area contributed by atoms with E-state index in [1.807, 2.05) is 6.92 Å². The van der Waals surface area contributed by atoms with Gasteiger partial charge in [0.25, 0.3) is 0 Å². The van der Waals surface area contributed by atoms with Crippen LogP contribution in [-0.2, 0) is 9.53 Å². The van der Waals surface area contributed by atoms with Crippen molar-refractivity contribution in [3.63, 3.8) is 0 Å². The average molecular weight is 265 g/mol. The van der Waals surface area contributed by atoms with Gasteiger partial charge in [-0.05, 0) is 32.4 Å². The van der Waals surface area contributed by atoms with Crippen LogP contribution in [0.3, 0.4) is 0 Å². The molecule has 0 N–H and O–H groups in total. The van der Waals surface area contributed by atoms with Gasteiger partial charge in [-0.25, -0.2) is 9.78 Å². The van der Waals surface area contributed by atoms with Crippen molar-refractivity contribution in [1.82, 2.24) is 4.98 Å². The maximum absolute atomic E-state index is 11.6. The number of hydrogen-bond donors (Lipinski definition) is 0. The zero-order valence-corrected chi connectivity index (χ0v) is 11.5. The minimum Gasteiger partial charge on any atom is -0.462 e. The van der Waals surface area contributed by atoms with E-state index in [4.69, 9.17) is 4.74 Å². The van der Waals surface area contributed by atoms with Crippen molar-refractivity contribution in [2.75, 3.05) is 6.61 Å². The number of carbonyl (C=O) groups is 2. The number of thiazole rings is 1. The van der Waals surface area contributed by atoms with E-state index in [1.165, 1.54) is 11.3 Å². The molecule has 96 valence electrons. The Morgan fingerprint density at radius 1 is 1.56 bits per heavy atom. The van der Waals surface area contributed by atoms with E-state index in [0.29, 0.717) is 34.0 Å². The summed E-state index contributed by atoms with van der Waals surface area (Å²) in [7, 11) is 0. The minimum absolute atomic E-state index is 0.336. The highest BCUT2D eigenvalue weighted by atomic mass is 32.1. The maximum Gasteiger partial charge on any atom is 0.350 e. The zero-order valence-electron chi connectivity index (χ0n) is 10.6. The lowest BCUT2D eigenvalue weighted by molar-refractivity contribution is -0.104. The molecule has 1 aromatic rings. The standard InChI is InChI=1S/C13H15NO3S/c1-5-17-13(16)11-10(4)14-12(18-11)9(3)6-8(2)7-15/h6-7H,2,5H2,1,3-4H3/b9-6+. The molecule has 0 bridgehead atoms. The largest absolute Gasteiger partial charge is 0.462 e. The SMILES string of the molecule is C=C(C=O)/C=C(\C)c1nc(C)c(C(=O)OCC)s1. The van der Waals surface area contributed by atoms with Crippen molar-refractivity contribution in [1.29, 1.82) is 0 Å². The average Bonchev–Trinajstić information content (AvgIpc) is 2.71. The second kappa shape index (κ2) is 6.26. The van der Waals surface area contributed by atoms with Gasteiger partial charge in [0.1, 0.15) is 16.2 Å². The smallest absolute Gasteiger partial charge is 0.350 e. The second-order valence-corrected chi connectivity index (χ2v) is 4.67. The first kappa shape index (κ1) is 14.3. The number of aryl methyl sites for hydroxylation is 1. The molecule has 0 aromatic carbocycles. The summed E-state index contributed by atoms with van der Waals surface area (Å²) >= 11 is 1.26. The van der Waals surface area contributed by atoms with Crippen molar-refractivity contribution in [3.05, 3.63) is 33.8 Å². The second-order valence-electron chi connectivity index (χ2n) is 3.67. The number of esters is 1. The highest BCUT2D eigenvalue weighted by Crippen LogP contribution is 2.25. The Balaban J connectivity index is 3.04. The molecule has 5 heteroatoms. The van der Waals surface area contributed by atoms with Crippen LogP contribution in [0.4, 0.5) is 0 Å². The van der Waals surface area contributed by atoms with E-state index >= 15 is 0 Å². The lowest BCUT2D eigenvalue weighted by Crippen LogP contribution is -2.03. The Morgan fingerprint density at radius 2 is 2.22 bits per heavy atom. The maximum atomic E-state index is 11.6. The predicted octanol–water partition coefficient (Wildman–Crippen LogP) is 2.79. The summed E-state index contributed by atoms with van der Waals surface area (Å²) in [6.07, 6.45) is 2.32. The van der Waals surface area contributed by atoms with E-state index in [0.717, 1.165) is 5.57 Å². The molecule has 18 heavy (non-hydrogen) atoms. The van der Waals surface area contributed by atoms with Crippen LogP contribution in [0.1, 0.15) is 34.2 Å². The van der Waals surface area contributed by atoms with Gasteiger partial charge in [0.15, 0.2) is 0 Å². The molecule has 0 aliphatic rings. The van der Waals surface area contributed by atoms with Gasteiger partial charge in [-0.15, -0.1) is 11.3 Å². The zero-order chi connectivity index (χ0) is 13.7. The summed E-state index contributed by atoms with van der Waals surface area (Å²) in [5.74, 6) is -0.360. The Labute approximate surface area is 110 Å². The molecule has 0 spiro atoms. The van der Waals surface area contributed by atoms with Crippen LogP contribution in [0.5, 0.6) is 0 Å². The number of allylic oxidation sites excluding steroid dienone is 3. The molecule has 1 rings (SSSR count). The van der Waals surface area contributed by atoms with E-state index < -0.39 is 0 Å². The van der Waals surface area contributed by atoms with Crippen molar-refractivity contribution >= 4 is 29.2 Å². The molecule has 0 radical (unpaired) electrons. The Bertz CT molecular complexity index is 514. The Hall–Kier alpha value is -1.75. The molecule has 0 atom stereocenters. The molecule has 1 aromatic heterocycles. The van der Waals surface area contributed by atoms with Crippen LogP contribution in [-0.4, -0.2) is 23.8 Å². The molecule has 0 saturated heterocycles. The Morgan fingerprint density at radius 3 is 2.78 bits per heavy atom. The van der Waals surface area contributed by atoms with Gasteiger partial charge in [0, 0.05) is 5.57 Å². The predicted molar refractivity (Wildman–Crippen MR) is 71.7 cm³/mol. The quantitative estimate of drug-likeness (QED) is 0.355. The fourth-order valence-electron chi connectivity index (χ4n) is 1.32. The third-order valence-electron chi connectivity index (χ3n) is 2.15. The summed E-state index contributed by atoms with van der Waals surface area (Å²) < 4.78 is 4.94. The molecular formula is C13H15NO3S. The molecule has 4 nitrogen and oxygen atoms in total. The molecule has 0 aliphatic heterocycles. The Kier molecular flexibility index (Phi) is 4.97. The first-order chi connectivity index (χ1) is 8.49. The number of carbonyl (C=O) groups excluding carboxylic acids is 2.